The normalized spacial score (nSPS) is 11.3. The highest BCUT2D eigenvalue weighted by Gasteiger charge is 2.19. The third-order valence-electron chi connectivity index (χ3n) is 4.42. The second-order valence-electron chi connectivity index (χ2n) is 6.68. The first kappa shape index (κ1) is 21.7. The number of rotatable bonds is 7. The minimum absolute atomic E-state index is 0.154. The van der Waals surface area contributed by atoms with Crippen molar-refractivity contribution in [2.45, 2.75) is 4.90 Å². The second kappa shape index (κ2) is 8.76. The highest BCUT2D eigenvalue weighted by atomic mass is 32.2. The average molecular weight is 445 g/mol. The Morgan fingerprint density at radius 1 is 0.967 bits per heavy atom. The Bertz CT molecular complexity index is 1210. The molecule has 0 saturated heterocycles. The number of thioether (sulfide) groups is 1. The van der Waals surface area contributed by atoms with Gasteiger partial charge in [-0.2, -0.15) is 0 Å². The largest absolute Gasteiger partial charge is 0.473 e. The van der Waals surface area contributed by atoms with Gasteiger partial charge in [0.05, 0.1) is 10.6 Å². The Labute approximate surface area is 178 Å². The summed E-state index contributed by atoms with van der Waals surface area (Å²) >= 11 is 0.502. The molecule has 0 aliphatic heterocycles. The number of nitrogens with one attached hydrogen (secondary N) is 1. The molecule has 0 aliphatic carbocycles. The van der Waals surface area contributed by atoms with Crippen LogP contribution in [0.4, 0.5) is 16.2 Å². The van der Waals surface area contributed by atoms with Gasteiger partial charge in [0.2, 0.25) is 0 Å². The van der Waals surface area contributed by atoms with E-state index < -0.39 is 15.3 Å². The number of fused-ring (bicyclic) bond motifs is 1. The number of carboxylic acid groups (broad SMARTS) is 1. The molecule has 0 unspecified atom stereocenters. The number of carbonyl (C=O) groups excluding carboxylic acids is 1. The molecule has 0 fully saturated rings. The lowest BCUT2D eigenvalue weighted by atomic mass is 10.1. The number of benzene rings is 3. The lowest BCUT2D eigenvalue weighted by Crippen LogP contribution is -2.14. The maximum atomic E-state index is 13.0. The van der Waals surface area contributed by atoms with E-state index in [9.17, 15) is 18.0 Å². The SMILES string of the molecule is CN(C)c1cccc2c(S(=O)(=O)Nc3ccc(C(=O)CSC(=O)O)cc3)cccc12. The molecular formula is C21H20N2O5S2. The van der Waals surface area contributed by atoms with E-state index in [4.69, 9.17) is 5.11 Å². The monoisotopic (exact) mass is 444 g/mol. The molecule has 0 saturated carbocycles. The fraction of sp³-hybridized carbons (Fsp3) is 0.143. The summed E-state index contributed by atoms with van der Waals surface area (Å²) < 4.78 is 28.6. The van der Waals surface area contributed by atoms with Crippen molar-refractivity contribution in [1.29, 1.82) is 0 Å². The number of anilines is 2. The number of carbonyl (C=O) groups is 2. The van der Waals surface area contributed by atoms with Crippen LogP contribution in [-0.4, -0.2) is 44.5 Å². The zero-order valence-corrected chi connectivity index (χ0v) is 18.0. The van der Waals surface area contributed by atoms with E-state index in [0.717, 1.165) is 11.1 Å². The van der Waals surface area contributed by atoms with Crippen molar-refractivity contribution in [1.82, 2.24) is 0 Å². The minimum atomic E-state index is -3.87. The zero-order valence-electron chi connectivity index (χ0n) is 16.3. The summed E-state index contributed by atoms with van der Waals surface area (Å²) in [5.41, 5.74) is 1.53. The third-order valence-corrected chi connectivity index (χ3v) is 6.51. The standard InChI is InChI=1S/C21H20N2O5S2/c1-23(2)18-7-3-6-17-16(18)5-4-8-20(17)30(27,28)22-15-11-9-14(10-12-15)19(24)13-29-21(25)26/h3-12,22H,13H2,1-2H3,(H,25,26). The van der Waals surface area contributed by atoms with Crippen LogP contribution in [0.2, 0.25) is 0 Å². The van der Waals surface area contributed by atoms with E-state index in [2.05, 4.69) is 4.72 Å². The van der Waals surface area contributed by atoms with Gasteiger partial charge in [0.25, 0.3) is 10.0 Å². The first-order valence-electron chi connectivity index (χ1n) is 8.90. The van der Waals surface area contributed by atoms with E-state index in [1.54, 1.807) is 18.2 Å². The molecule has 156 valence electrons. The summed E-state index contributed by atoms with van der Waals surface area (Å²) in [4.78, 5) is 24.6. The summed E-state index contributed by atoms with van der Waals surface area (Å²) in [7, 11) is -0.0825. The van der Waals surface area contributed by atoms with Gasteiger partial charge in [-0.05, 0) is 48.2 Å². The Morgan fingerprint density at radius 2 is 1.60 bits per heavy atom. The fourth-order valence-corrected chi connectivity index (χ4v) is 4.74. The molecule has 9 heteroatoms. The highest BCUT2D eigenvalue weighted by Crippen LogP contribution is 2.31. The van der Waals surface area contributed by atoms with Gasteiger partial charge in [-0.3, -0.25) is 9.52 Å². The van der Waals surface area contributed by atoms with Gasteiger partial charge in [-0.15, -0.1) is 0 Å². The van der Waals surface area contributed by atoms with Crippen molar-refractivity contribution in [3.05, 3.63) is 66.2 Å². The van der Waals surface area contributed by atoms with E-state index in [1.165, 1.54) is 24.3 Å². The number of nitrogens with zero attached hydrogens (tertiary/aromatic N) is 1. The molecule has 0 amide bonds. The molecule has 3 aromatic rings. The van der Waals surface area contributed by atoms with Gasteiger partial charge >= 0.3 is 5.30 Å². The van der Waals surface area contributed by atoms with Crippen molar-refractivity contribution in [3.63, 3.8) is 0 Å². The minimum Gasteiger partial charge on any atom is -0.473 e. The Kier molecular flexibility index (Phi) is 6.33. The lowest BCUT2D eigenvalue weighted by Gasteiger charge is -2.17. The van der Waals surface area contributed by atoms with Crippen LogP contribution in [0.1, 0.15) is 10.4 Å². The van der Waals surface area contributed by atoms with E-state index in [-0.39, 0.29) is 16.4 Å². The molecule has 3 aromatic carbocycles. The maximum absolute atomic E-state index is 13.0. The predicted molar refractivity (Wildman–Crippen MR) is 120 cm³/mol. The van der Waals surface area contributed by atoms with E-state index in [0.29, 0.717) is 28.4 Å². The predicted octanol–water partition coefficient (Wildman–Crippen LogP) is 4.30. The Balaban J connectivity index is 1.88. The van der Waals surface area contributed by atoms with Crippen LogP contribution in [0, 0.1) is 0 Å². The van der Waals surface area contributed by atoms with Crippen LogP contribution in [0.5, 0.6) is 0 Å². The lowest BCUT2D eigenvalue weighted by molar-refractivity contribution is 0.102. The van der Waals surface area contributed by atoms with Crippen LogP contribution < -0.4 is 9.62 Å². The molecule has 0 bridgehead atoms. The van der Waals surface area contributed by atoms with Crippen molar-refractivity contribution < 1.29 is 23.1 Å². The third kappa shape index (κ3) is 4.74. The topological polar surface area (TPSA) is 104 Å². The van der Waals surface area contributed by atoms with Crippen molar-refractivity contribution in [2.24, 2.45) is 0 Å². The van der Waals surface area contributed by atoms with Gasteiger partial charge in [-0.25, -0.2) is 13.2 Å². The Hall–Kier alpha value is -3.04. The molecule has 3 rings (SSSR count). The maximum Gasteiger partial charge on any atom is 0.365 e. The quantitative estimate of drug-likeness (QED) is 0.524. The van der Waals surface area contributed by atoms with Crippen LogP contribution in [0.3, 0.4) is 0 Å². The molecule has 2 N–H and O–H groups in total. The van der Waals surface area contributed by atoms with Gasteiger partial charge in [0.15, 0.2) is 5.78 Å². The molecule has 0 heterocycles. The van der Waals surface area contributed by atoms with Crippen LogP contribution >= 0.6 is 11.8 Å². The zero-order chi connectivity index (χ0) is 21.9. The first-order chi connectivity index (χ1) is 14.2. The smallest absolute Gasteiger partial charge is 0.365 e. The summed E-state index contributed by atoms with van der Waals surface area (Å²) in [6.45, 7) is 0. The van der Waals surface area contributed by atoms with Crippen LogP contribution in [0.25, 0.3) is 10.8 Å². The van der Waals surface area contributed by atoms with Gasteiger partial charge in [0.1, 0.15) is 0 Å². The number of ketones is 1. The molecule has 7 nitrogen and oxygen atoms in total. The molecule has 0 atom stereocenters. The molecule has 0 radical (unpaired) electrons. The van der Waals surface area contributed by atoms with Crippen LogP contribution in [0.15, 0.2) is 65.6 Å². The molecule has 0 spiro atoms. The summed E-state index contributed by atoms with van der Waals surface area (Å²) in [5.74, 6) is -0.535. The number of hydrogen-bond acceptors (Lipinski definition) is 6. The van der Waals surface area contributed by atoms with E-state index in [1.807, 2.05) is 37.2 Å². The van der Waals surface area contributed by atoms with E-state index >= 15 is 0 Å². The highest BCUT2D eigenvalue weighted by molar-refractivity contribution is 8.13. The molecule has 0 aromatic heterocycles. The first-order valence-corrected chi connectivity index (χ1v) is 11.4. The average Bonchev–Trinajstić information content (AvgIpc) is 2.71. The number of sulfonamides is 1. The number of hydrogen-bond donors (Lipinski definition) is 2. The molecular weight excluding hydrogens is 424 g/mol. The fourth-order valence-electron chi connectivity index (χ4n) is 3.03. The Morgan fingerprint density at radius 3 is 2.23 bits per heavy atom. The van der Waals surface area contributed by atoms with Gasteiger partial charge in [0, 0.05) is 41.8 Å². The van der Waals surface area contributed by atoms with Crippen LogP contribution in [-0.2, 0) is 10.0 Å². The van der Waals surface area contributed by atoms with Gasteiger partial charge < -0.3 is 10.0 Å². The summed E-state index contributed by atoms with van der Waals surface area (Å²) in [6.07, 6.45) is 0. The molecule has 30 heavy (non-hydrogen) atoms. The second-order valence-corrected chi connectivity index (χ2v) is 9.26. The van der Waals surface area contributed by atoms with Gasteiger partial charge in [-0.1, -0.05) is 24.3 Å². The van der Waals surface area contributed by atoms with Crippen molar-refractivity contribution in [3.8, 4) is 0 Å². The summed E-state index contributed by atoms with van der Waals surface area (Å²) in [5, 5.41) is 8.95. The van der Waals surface area contributed by atoms with Crippen molar-refractivity contribution >= 4 is 55.0 Å². The van der Waals surface area contributed by atoms with Crippen molar-refractivity contribution in [2.75, 3.05) is 29.5 Å². The molecule has 0 aliphatic rings. The summed E-state index contributed by atoms with van der Waals surface area (Å²) in [6, 6.07) is 16.5. The number of Topliss-reactive ketones (excluding diaryl/α,β-unsaturated/α-hetero) is 1.